The Balaban J connectivity index is 1.48. The summed E-state index contributed by atoms with van der Waals surface area (Å²) in [5, 5.41) is 3.19. The van der Waals surface area contributed by atoms with Crippen LogP contribution < -0.4 is 5.32 Å². The molecule has 1 heterocycles. The molecule has 1 amide bonds. The van der Waals surface area contributed by atoms with Crippen LogP contribution in [0.25, 0.3) is 0 Å². The lowest BCUT2D eigenvalue weighted by Gasteiger charge is -2.17. The molecule has 1 aliphatic carbocycles. The maximum atomic E-state index is 12.1. The first kappa shape index (κ1) is 15.9. The van der Waals surface area contributed by atoms with Crippen molar-refractivity contribution in [3.8, 4) is 0 Å². The lowest BCUT2D eigenvalue weighted by molar-refractivity contribution is -0.119. The van der Waals surface area contributed by atoms with Crippen LogP contribution >= 0.6 is 23.5 Å². The first-order valence-corrected chi connectivity index (χ1v) is 10.00. The van der Waals surface area contributed by atoms with Gasteiger partial charge >= 0.3 is 0 Å². The molecule has 0 radical (unpaired) electrons. The fourth-order valence-electron chi connectivity index (χ4n) is 2.91. The molecule has 0 bridgehead atoms. The van der Waals surface area contributed by atoms with E-state index >= 15 is 0 Å². The summed E-state index contributed by atoms with van der Waals surface area (Å²) < 4.78 is 1.01. The van der Waals surface area contributed by atoms with E-state index in [0.717, 1.165) is 28.7 Å². The summed E-state index contributed by atoms with van der Waals surface area (Å²) in [7, 11) is 0. The van der Waals surface area contributed by atoms with E-state index in [0.29, 0.717) is 11.8 Å². The Labute approximate surface area is 140 Å². The normalized spacial score (nSPS) is 19.0. The van der Waals surface area contributed by atoms with Crippen molar-refractivity contribution in [3.05, 3.63) is 29.8 Å². The van der Waals surface area contributed by atoms with E-state index in [-0.39, 0.29) is 5.91 Å². The second-order valence-corrected chi connectivity index (χ2v) is 8.03. The van der Waals surface area contributed by atoms with Crippen molar-refractivity contribution in [3.63, 3.8) is 0 Å². The largest absolute Gasteiger partial charge is 0.353 e. The molecule has 1 aliphatic heterocycles. The van der Waals surface area contributed by atoms with Crippen LogP contribution in [0.15, 0.2) is 29.3 Å². The standard InChI is InChI=1S/C17H22N2OS2/c20-16(18-14-8-3-1-2-4-9-14)12-22-17-19-15-10-6-5-7-13(15)11-21-17/h5-7,10,14H,1-4,8-9,11-12H2,(H,18,20). The summed E-state index contributed by atoms with van der Waals surface area (Å²) in [5.74, 6) is 1.58. The summed E-state index contributed by atoms with van der Waals surface area (Å²) in [5.41, 5.74) is 2.33. The van der Waals surface area contributed by atoms with E-state index in [1.807, 2.05) is 18.2 Å². The van der Waals surface area contributed by atoms with Gasteiger partial charge in [-0.1, -0.05) is 67.4 Å². The monoisotopic (exact) mass is 334 g/mol. The van der Waals surface area contributed by atoms with Crippen molar-refractivity contribution in [2.45, 2.75) is 50.3 Å². The van der Waals surface area contributed by atoms with E-state index in [1.165, 1.54) is 31.2 Å². The zero-order chi connectivity index (χ0) is 15.2. The molecule has 1 N–H and O–H groups in total. The minimum Gasteiger partial charge on any atom is -0.353 e. The van der Waals surface area contributed by atoms with Crippen LogP contribution in [0, 0.1) is 0 Å². The highest BCUT2D eigenvalue weighted by Gasteiger charge is 2.17. The molecule has 0 unspecified atom stereocenters. The number of nitrogens with zero attached hydrogens (tertiary/aromatic N) is 1. The van der Waals surface area contributed by atoms with Crippen LogP contribution in [-0.2, 0) is 10.5 Å². The van der Waals surface area contributed by atoms with Gasteiger partial charge in [0, 0.05) is 11.8 Å². The van der Waals surface area contributed by atoms with Crippen LogP contribution in [0.1, 0.15) is 44.1 Å². The summed E-state index contributed by atoms with van der Waals surface area (Å²) in [6, 6.07) is 8.61. The minimum atomic E-state index is 0.152. The van der Waals surface area contributed by atoms with Gasteiger partial charge in [-0.25, -0.2) is 4.99 Å². The van der Waals surface area contributed by atoms with Gasteiger partial charge in [-0.2, -0.15) is 0 Å². The zero-order valence-corrected chi connectivity index (χ0v) is 14.3. The van der Waals surface area contributed by atoms with Gasteiger partial charge in [-0.05, 0) is 24.5 Å². The zero-order valence-electron chi connectivity index (χ0n) is 12.7. The molecule has 1 aromatic carbocycles. The topological polar surface area (TPSA) is 41.5 Å². The Bertz CT molecular complexity index is 551. The molecule has 22 heavy (non-hydrogen) atoms. The Morgan fingerprint density at radius 3 is 2.82 bits per heavy atom. The Morgan fingerprint density at radius 2 is 2.00 bits per heavy atom. The third kappa shape index (κ3) is 4.53. The Kier molecular flexibility index (Phi) is 5.84. The van der Waals surface area contributed by atoms with E-state index in [9.17, 15) is 4.79 Å². The molecule has 1 aromatic rings. The van der Waals surface area contributed by atoms with Gasteiger partial charge in [-0.15, -0.1) is 0 Å². The van der Waals surface area contributed by atoms with Crippen molar-refractivity contribution >= 4 is 39.5 Å². The molecule has 0 aromatic heterocycles. The van der Waals surface area contributed by atoms with Crippen molar-refractivity contribution in [2.75, 3.05) is 5.75 Å². The van der Waals surface area contributed by atoms with Gasteiger partial charge in [0.2, 0.25) is 5.91 Å². The van der Waals surface area contributed by atoms with E-state index in [2.05, 4.69) is 16.4 Å². The number of aliphatic imine (C=N–C) groups is 1. The van der Waals surface area contributed by atoms with Gasteiger partial charge in [0.1, 0.15) is 4.38 Å². The van der Waals surface area contributed by atoms with Crippen molar-refractivity contribution < 1.29 is 4.79 Å². The van der Waals surface area contributed by atoms with Crippen LogP contribution in [0.5, 0.6) is 0 Å². The molecule has 0 saturated heterocycles. The first-order chi connectivity index (χ1) is 10.8. The predicted molar refractivity (Wildman–Crippen MR) is 96.9 cm³/mol. The molecule has 0 spiro atoms. The van der Waals surface area contributed by atoms with E-state index in [4.69, 9.17) is 0 Å². The second kappa shape index (κ2) is 8.06. The number of nitrogens with one attached hydrogen (secondary N) is 1. The molecule has 118 valence electrons. The third-order valence-corrected chi connectivity index (χ3v) is 6.35. The van der Waals surface area contributed by atoms with Crippen molar-refractivity contribution in [1.29, 1.82) is 0 Å². The average molecular weight is 335 g/mol. The fourth-order valence-corrected chi connectivity index (χ4v) is 4.78. The SMILES string of the molecule is O=C(CSC1=Nc2ccccc2CS1)NC1CCCCCC1. The summed E-state index contributed by atoms with van der Waals surface area (Å²) in [4.78, 5) is 16.8. The number of thioether (sulfide) groups is 2. The number of carbonyl (C=O) groups excluding carboxylic acids is 1. The quantitative estimate of drug-likeness (QED) is 0.828. The molecular weight excluding hydrogens is 312 g/mol. The maximum absolute atomic E-state index is 12.1. The molecule has 1 fully saturated rings. The number of benzene rings is 1. The number of hydrogen-bond donors (Lipinski definition) is 1. The molecule has 3 nitrogen and oxygen atoms in total. The van der Waals surface area contributed by atoms with Crippen LogP contribution in [0.4, 0.5) is 5.69 Å². The van der Waals surface area contributed by atoms with Gasteiger partial charge in [0.15, 0.2) is 0 Å². The van der Waals surface area contributed by atoms with E-state index < -0.39 is 0 Å². The number of para-hydroxylation sites is 1. The van der Waals surface area contributed by atoms with Gasteiger partial charge in [-0.3, -0.25) is 4.79 Å². The van der Waals surface area contributed by atoms with Gasteiger partial charge < -0.3 is 5.32 Å². The molecule has 0 atom stereocenters. The molecule has 2 aliphatic rings. The number of rotatable bonds is 3. The second-order valence-electron chi connectivity index (χ2n) is 5.84. The number of amides is 1. The number of carbonyl (C=O) groups is 1. The van der Waals surface area contributed by atoms with Crippen molar-refractivity contribution in [2.24, 2.45) is 4.99 Å². The highest BCUT2D eigenvalue weighted by molar-refractivity contribution is 8.38. The Hall–Kier alpha value is -0.940. The van der Waals surface area contributed by atoms with Crippen LogP contribution in [0.2, 0.25) is 0 Å². The molecule has 5 heteroatoms. The third-order valence-electron chi connectivity index (χ3n) is 4.10. The van der Waals surface area contributed by atoms with Gasteiger partial charge in [0.05, 0.1) is 11.4 Å². The summed E-state index contributed by atoms with van der Waals surface area (Å²) in [6.45, 7) is 0. The lowest BCUT2D eigenvalue weighted by atomic mass is 10.1. The summed E-state index contributed by atoms with van der Waals surface area (Å²) in [6.07, 6.45) is 7.40. The Morgan fingerprint density at radius 1 is 1.23 bits per heavy atom. The lowest BCUT2D eigenvalue weighted by Crippen LogP contribution is -2.35. The van der Waals surface area contributed by atoms with Crippen LogP contribution in [-0.4, -0.2) is 22.1 Å². The van der Waals surface area contributed by atoms with Gasteiger partial charge in [0.25, 0.3) is 0 Å². The molecule has 3 rings (SSSR count). The van der Waals surface area contributed by atoms with E-state index in [1.54, 1.807) is 23.5 Å². The number of hydrogen-bond acceptors (Lipinski definition) is 4. The van der Waals surface area contributed by atoms with Crippen LogP contribution in [0.3, 0.4) is 0 Å². The number of fused-ring (bicyclic) bond motifs is 1. The average Bonchev–Trinajstić information content (AvgIpc) is 2.81. The fraction of sp³-hybridized carbons (Fsp3) is 0.529. The highest BCUT2D eigenvalue weighted by Crippen LogP contribution is 2.34. The first-order valence-electron chi connectivity index (χ1n) is 8.03. The minimum absolute atomic E-state index is 0.152. The smallest absolute Gasteiger partial charge is 0.230 e. The maximum Gasteiger partial charge on any atom is 0.230 e. The molecule has 1 saturated carbocycles. The highest BCUT2D eigenvalue weighted by atomic mass is 32.2. The molecular formula is C17H22N2OS2. The summed E-state index contributed by atoms with van der Waals surface area (Å²) >= 11 is 3.29. The van der Waals surface area contributed by atoms with Crippen molar-refractivity contribution in [1.82, 2.24) is 5.32 Å². The predicted octanol–water partition coefficient (Wildman–Crippen LogP) is 4.49.